The first-order chi connectivity index (χ1) is 11.7. The maximum atomic E-state index is 12.1. The molecule has 1 spiro atoms. The number of rotatable bonds is 4. The first-order valence-electron chi connectivity index (χ1n) is 8.79. The lowest BCUT2D eigenvalue weighted by molar-refractivity contribution is -0.137. The van der Waals surface area contributed by atoms with Crippen molar-refractivity contribution in [2.75, 3.05) is 44.3 Å². The molecule has 1 amide bonds. The summed E-state index contributed by atoms with van der Waals surface area (Å²) in [4.78, 5) is 24.8. The number of carbonyl (C=O) groups is 1. The highest BCUT2D eigenvalue weighted by atomic mass is 16.6. The monoisotopic (exact) mass is 332 g/mol. The molecule has 0 radical (unpaired) electrons. The van der Waals surface area contributed by atoms with Gasteiger partial charge in [0.1, 0.15) is 6.61 Å². The molecule has 1 aromatic rings. The highest BCUT2D eigenvalue weighted by molar-refractivity contribution is 5.77. The van der Waals surface area contributed by atoms with E-state index in [1.807, 2.05) is 11.0 Å². The molecule has 0 aromatic carbocycles. The molecule has 130 valence electrons. The minimum Gasteiger partial charge on any atom is -0.370 e. The molecule has 7 heteroatoms. The maximum absolute atomic E-state index is 12.1. The van der Waals surface area contributed by atoms with E-state index < -0.39 is 0 Å². The Morgan fingerprint density at radius 1 is 1.29 bits per heavy atom. The number of likely N-dealkylation sites (tertiary alicyclic amines) is 1. The van der Waals surface area contributed by atoms with Crippen LogP contribution in [0.5, 0.6) is 0 Å². The van der Waals surface area contributed by atoms with Gasteiger partial charge in [-0.2, -0.15) is 0 Å². The van der Waals surface area contributed by atoms with Gasteiger partial charge in [0.25, 0.3) is 0 Å². The summed E-state index contributed by atoms with van der Waals surface area (Å²) >= 11 is 0. The minimum absolute atomic E-state index is 0.00759. The molecule has 0 aliphatic carbocycles. The fraction of sp³-hybridized carbons (Fsp3) is 0.706. The van der Waals surface area contributed by atoms with E-state index in [0.29, 0.717) is 6.61 Å². The Balaban J connectivity index is 1.28. The van der Waals surface area contributed by atoms with Gasteiger partial charge in [0, 0.05) is 38.4 Å². The zero-order chi connectivity index (χ0) is 16.4. The molecule has 3 aliphatic rings. The van der Waals surface area contributed by atoms with Crippen LogP contribution in [0, 0.1) is 0 Å². The van der Waals surface area contributed by atoms with Gasteiger partial charge in [-0.15, -0.1) is 0 Å². The zero-order valence-electron chi connectivity index (χ0n) is 13.9. The number of amides is 1. The van der Waals surface area contributed by atoms with Crippen molar-refractivity contribution in [3.8, 4) is 0 Å². The molecule has 1 aromatic heterocycles. The molecule has 3 aliphatic heterocycles. The lowest BCUT2D eigenvalue weighted by Crippen LogP contribution is -2.35. The van der Waals surface area contributed by atoms with Crippen molar-refractivity contribution >= 4 is 11.9 Å². The molecule has 7 nitrogen and oxygen atoms in total. The average Bonchev–Trinajstić information content (AvgIpc) is 3.36. The number of anilines is 1. The van der Waals surface area contributed by atoms with Crippen molar-refractivity contribution in [3.63, 3.8) is 0 Å². The van der Waals surface area contributed by atoms with Gasteiger partial charge in [0.15, 0.2) is 0 Å². The van der Waals surface area contributed by atoms with Crippen molar-refractivity contribution in [1.82, 2.24) is 14.9 Å². The summed E-state index contributed by atoms with van der Waals surface area (Å²) in [6, 6.07) is 1.82. The van der Waals surface area contributed by atoms with Crippen LogP contribution in [-0.2, 0) is 14.3 Å². The first kappa shape index (κ1) is 15.8. The lowest BCUT2D eigenvalue weighted by Gasteiger charge is -2.23. The van der Waals surface area contributed by atoms with Crippen molar-refractivity contribution in [2.45, 2.75) is 37.4 Å². The zero-order valence-corrected chi connectivity index (χ0v) is 13.9. The van der Waals surface area contributed by atoms with Crippen molar-refractivity contribution in [1.29, 1.82) is 0 Å². The van der Waals surface area contributed by atoms with E-state index in [0.717, 1.165) is 57.8 Å². The second kappa shape index (κ2) is 6.64. The quantitative estimate of drug-likeness (QED) is 0.814. The Kier molecular flexibility index (Phi) is 4.37. The van der Waals surface area contributed by atoms with Crippen LogP contribution in [0.1, 0.15) is 25.7 Å². The van der Waals surface area contributed by atoms with Crippen LogP contribution in [0.2, 0.25) is 0 Å². The number of hydrogen-bond donors (Lipinski definition) is 0. The van der Waals surface area contributed by atoms with Crippen LogP contribution in [0.3, 0.4) is 0 Å². The highest BCUT2D eigenvalue weighted by Crippen LogP contribution is 2.37. The van der Waals surface area contributed by atoms with E-state index in [1.165, 1.54) is 0 Å². The molecule has 2 atom stereocenters. The Hall–Kier alpha value is -1.73. The van der Waals surface area contributed by atoms with E-state index in [2.05, 4.69) is 14.9 Å². The van der Waals surface area contributed by atoms with Crippen LogP contribution >= 0.6 is 0 Å². The first-order valence-corrected chi connectivity index (χ1v) is 8.79. The molecular weight excluding hydrogens is 308 g/mol. The summed E-state index contributed by atoms with van der Waals surface area (Å²) in [5, 5.41) is 0. The standard InChI is InChI=1S/C17H24N4O3/c22-15(20-7-1-2-8-20)12-23-14-10-17(24-11-14)4-9-21(13-17)16-18-5-3-6-19-16/h3,5-6,14H,1-2,4,7-13H2/t14-,17-/m0/s1. The minimum atomic E-state index is -0.180. The van der Waals surface area contributed by atoms with Crippen LogP contribution in [0.15, 0.2) is 18.5 Å². The van der Waals surface area contributed by atoms with Crippen LogP contribution in [0.25, 0.3) is 0 Å². The summed E-state index contributed by atoms with van der Waals surface area (Å²) in [5.74, 6) is 0.866. The third-order valence-corrected chi connectivity index (χ3v) is 5.23. The van der Waals surface area contributed by atoms with E-state index >= 15 is 0 Å². The average molecular weight is 332 g/mol. The Labute approximate surface area is 142 Å². The summed E-state index contributed by atoms with van der Waals surface area (Å²) in [7, 11) is 0. The smallest absolute Gasteiger partial charge is 0.248 e. The van der Waals surface area contributed by atoms with Crippen molar-refractivity contribution in [3.05, 3.63) is 18.5 Å². The van der Waals surface area contributed by atoms with Gasteiger partial charge in [-0.05, 0) is 25.3 Å². The number of ether oxygens (including phenoxy) is 2. The highest BCUT2D eigenvalue weighted by Gasteiger charge is 2.46. The molecule has 4 rings (SSSR count). The molecule has 3 saturated heterocycles. The molecule has 24 heavy (non-hydrogen) atoms. The predicted molar refractivity (Wildman–Crippen MR) is 87.7 cm³/mol. The molecule has 0 unspecified atom stereocenters. The van der Waals surface area contributed by atoms with Crippen molar-refractivity contribution in [2.24, 2.45) is 0 Å². The largest absolute Gasteiger partial charge is 0.370 e. The number of hydrogen-bond acceptors (Lipinski definition) is 6. The number of carbonyl (C=O) groups excluding carboxylic acids is 1. The second-order valence-corrected chi connectivity index (χ2v) is 6.94. The van der Waals surface area contributed by atoms with Gasteiger partial charge in [0.2, 0.25) is 11.9 Å². The van der Waals surface area contributed by atoms with Gasteiger partial charge in [-0.3, -0.25) is 4.79 Å². The van der Waals surface area contributed by atoms with Gasteiger partial charge in [-0.1, -0.05) is 0 Å². The van der Waals surface area contributed by atoms with Gasteiger partial charge in [0.05, 0.1) is 24.9 Å². The van der Waals surface area contributed by atoms with Gasteiger partial charge >= 0.3 is 0 Å². The molecule has 3 fully saturated rings. The Bertz CT molecular complexity index is 578. The Morgan fingerprint density at radius 2 is 2.08 bits per heavy atom. The number of nitrogens with zero attached hydrogens (tertiary/aromatic N) is 4. The predicted octanol–water partition coefficient (Wildman–Crippen LogP) is 0.853. The summed E-state index contributed by atoms with van der Waals surface area (Å²) in [6.07, 6.45) is 7.54. The molecule has 0 N–H and O–H groups in total. The summed E-state index contributed by atoms with van der Waals surface area (Å²) in [5.41, 5.74) is -0.180. The topological polar surface area (TPSA) is 67.8 Å². The van der Waals surface area contributed by atoms with E-state index in [4.69, 9.17) is 9.47 Å². The van der Waals surface area contributed by atoms with Crippen molar-refractivity contribution < 1.29 is 14.3 Å². The molecular formula is C17H24N4O3. The fourth-order valence-corrected chi connectivity index (χ4v) is 3.91. The lowest BCUT2D eigenvalue weighted by atomic mass is 9.98. The second-order valence-electron chi connectivity index (χ2n) is 6.94. The van der Waals surface area contributed by atoms with Crippen LogP contribution in [-0.4, -0.2) is 71.9 Å². The molecule has 0 saturated carbocycles. The third kappa shape index (κ3) is 3.23. The fourth-order valence-electron chi connectivity index (χ4n) is 3.91. The summed E-state index contributed by atoms with van der Waals surface area (Å²) < 4.78 is 11.9. The van der Waals surface area contributed by atoms with E-state index in [1.54, 1.807) is 12.4 Å². The van der Waals surface area contributed by atoms with E-state index in [9.17, 15) is 4.79 Å². The molecule has 4 heterocycles. The van der Waals surface area contributed by atoms with Crippen LogP contribution < -0.4 is 4.90 Å². The number of aromatic nitrogens is 2. The summed E-state index contributed by atoms with van der Waals surface area (Å²) in [6.45, 7) is 4.17. The normalized spacial score (nSPS) is 29.8. The van der Waals surface area contributed by atoms with Gasteiger partial charge < -0.3 is 19.3 Å². The maximum Gasteiger partial charge on any atom is 0.248 e. The van der Waals surface area contributed by atoms with E-state index in [-0.39, 0.29) is 24.2 Å². The van der Waals surface area contributed by atoms with Crippen LogP contribution in [0.4, 0.5) is 5.95 Å². The SMILES string of the molecule is O=C(CO[C@@H]1CO[C@@]2(CCN(c3ncccn3)C2)C1)N1CCCC1. The van der Waals surface area contributed by atoms with Gasteiger partial charge in [-0.25, -0.2) is 9.97 Å². The molecule has 0 bridgehead atoms. The third-order valence-electron chi connectivity index (χ3n) is 5.23. The Morgan fingerprint density at radius 3 is 2.88 bits per heavy atom.